The van der Waals surface area contributed by atoms with Crippen LogP contribution in [0.15, 0.2) is 0 Å². The van der Waals surface area contributed by atoms with Gasteiger partial charge in [0.2, 0.25) is 5.91 Å². The second-order valence-electron chi connectivity index (χ2n) is 5.94. The van der Waals surface area contributed by atoms with E-state index < -0.39 is 0 Å². The predicted octanol–water partition coefficient (Wildman–Crippen LogP) is 1.40. The number of aliphatic hydroxyl groups excluding tert-OH is 1. The highest BCUT2D eigenvalue weighted by Crippen LogP contribution is 2.43. The van der Waals surface area contributed by atoms with Crippen molar-refractivity contribution >= 4 is 5.91 Å². The Morgan fingerprint density at radius 2 is 2.07 bits per heavy atom. The van der Waals surface area contributed by atoms with E-state index in [1.54, 1.807) is 0 Å². The van der Waals surface area contributed by atoms with Crippen molar-refractivity contribution in [3.8, 4) is 0 Å². The molecule has 0 aromatic heterocycles. The summed E-state index contributed by atoms with van der Waals surface area (Å²) < 4.78 is 0. The van der Waals surface area contributed by atoms with Gasteiger partial charge in [-0.2, -0.15) is 0 Å². The fourth-order valence-electron chi connectivity index (χ4n) is 3.01. The second-order valence-corrected chi connectivity index (χ2v) is 5.94. The van der Waals surface area contributed by atoms with Crippen LogP contribution in [0.25, 0.3) is 0 Å². The van der Waals surface area contributed by atoms with E-state index >= 15 is 0 Å². The monoisotopic (exact) mass is 211 g/mol. The summed E-state index contributed by atoms with van der Waals surface area (Å²) in [5, 5.41) is 9.25. The molecule has 3 atom stereocenters. The van der Waals surface area contributed by atoms with Crippen LogP contribution >= 0.6 is 0 Å². The number of carbonyl (C=O) groups is 1. The maximum Gasteiger partial charge on any atom is 0.228 e. The van der Waals surface area contributed by atoms with E-state index in [9.17, 15) is 9.90 Å². The van der Waals surface area contributed by atoms with Crippen LogP contribution < -0.4 is 0 Å². The van der Waals surface area contributed by atoms with Gasteiger partial charge in [0, 0.05) is 30.0 Å². The molecule has 0 aromatic carbocycles. The molecule has 1 N–H and O–H groups in total. The second kappa shape index (κ2) is 3.48. The molecule has 3 nitrogen and oxygen atoms in total. The highest BCUT2D eigenvalue weighted by Gasteiger charge is 2.49. The van der Waals surface area contributed by atoms with Gasteiger partial charge in [-0.1, -0.05) is 20.8 Å². The highest BCUT2D eigenvalue weighted by atomic mass is 16.3. The minimum atomic E-state index is -0.287. The summed E-state index contributed by atoms with van der Waals surface area (Å²) >= 11 is 0. The molecule has 2 fully saturated rings. The Bertz CT molecular complexity index is 269. The number of fused-ring (bicyclic) bond motifs is 2. The lowest BCUT2D eigenvalue weighted by atomic mass is 9.90. The average molecular weight is 211 g/mol. The Hall–Kier alpha value is -0.570. The molecular weight excluding hydrogens is 190 g/mol. The molecule has 2 rings (SSSR count). The number of hydrogen-bond donors (Lipinski definition) is 1. The maximum absolute atomic E-state index is 12.2. The minimum absolute atomic E-state index is 0.231. The van der Waals surface area contributed by atoms with Crippen molar-refractivity contribution in [3.05, 3.63) is 0 Å². The Balaban J connectivity index is 2.15. The number of amides is 1. The number of carbonyl (C=O) groups excluding carboxylic acids is 1. The largest absolute Gasteiger partial charge is 0.396 e. The van der Waals surface area contributed by atoms with Crippen LogP contribution in [-0.2, 0) is 4.79 Å². The van der Waals surface area contributed by atoms with Crippen LogP contribution in [0, 0.1) is 11.3 Å². The Kier molecular flexibility index (Phi) is 2.53. The van der Waals surface area contributed by atoms with Crippen molar-refractivity contribution in [3.63, 3.8) is 0 Å². The molecule has 2 bridgehead atoms. The molecule has 1 amide bonds. The van der Waals surface area contributed by atoms with Crippen molar-refractivity contribution in [2.75, 3.05) is 6.61 Å². The van der Waals surface area contributed by atoms with Gasteiger partial charge in [0.25, 0.3) is 0 Å². The molecule has 86 valence electrons. The zero-order valence-electron chi connectivity index (χ0n) is 9.86. The summed E-state index contributed by atoms with van der Waals surface area (Å²) in [6, 6.07) is 0.714. The average Bonchev–Trinajstić information content (AvgIpc) is 2.71. The molecule has 2 saturated heterocycles. The van der Waals surface area contributed by atoms with Gasteiger partial charge in [-0.15, -0.1) is 0 Å². The van der Waals surface area contributed by atoms with Gasteiger partial charge in [-0.25, -0.2) is 0 Å². The molecule has 2 heterocycles. The third kappa shape index (κ3) is 1.67. The van der Waals surface area contributed by atoms with Gasteiger partial charge < -0.3 is 10.0 Å². The van der Waals surface area contributed by atoms with Gasteiger partial charge in [0.15, 0.2) is 0 Å². The first kappa shape index (κ1) is 10.9. The Morgan fingerprint density at radius 1 is 1.40 bits per heavy atom. The van der Waals surface area contributed by atoms with E-state index in [-0.39, 0.29) is 17.9 Å². The van der Waals surface area contributed by atoms with Crippen molar-refractivity contribution in [1.29, 1.82) is 0 Å². The zero-order chi connectivity index (χ0) is 11.2. The third-order valence-electron chi connectivity index (χ3n) is 3.78. The molecule has 0 radical (unpaired) electrons. The molecule has 0 aliphatic carbocycles. The van der Waals surface area contributed by atoms with E-state index in [4.69, 9.17) is 0 Å². The molecule has 0 aromatic rings. The minimum Gasteiger partial charge on any atom is -0.396 e. The predicted molar refractivity (Wildman–Crippen MR) is 58.3 cm³/mol. The fourth-order valence-corrected chi connectivity index (χ4v) is 3.01. The van der Waals surface area contributed by atoms with Crippen LogP contribution in [-0.4, -0.2) is 34.6 Å². The molecule has 2 aliphatic rings. The SMILES string of the molecule is CC(C)(C)C(=O)N1C2CCC1C(CO)C2. The van der Waals surface area contributed by atoms with Crippen LogP contribution in [0.4, 0.5) is 0 Å². The normalized spacial score (nSPS) is 34.9. The van der Waals surface area contributed by atoms with Crippen molar-refractivity contribution < 1.29 is 9.90 Å². The quantitative estimate of drug-likeness (QED) is 0.712. The van der Waals surface area contributed by atoms with Crippen LogP contribution in [0.1, 0.15) is 40.0 Å². The summed E-state index contributed by atoms with van der Waals surface area (Å²) in [6.07, 6.45) is 3.21. The summed E-state index contributed by atoms with van der Waals surface area (Å²) in [7, 11) is 0. The number of hydrogen-bond acceptors (Lipinski definition) is 2. The zero-order valence-corrected chi connectivity index (χ0v) is 9.86. The summed E-state index contributed by atoms with van der Waals surface area (Å²) in [6.45, 7) is 6.15. The van der Waals surface area contributed by atoms with Gasteiger partial charge in [0.05, 0.1) is 0 Å². The first-order chi connectivity index (χ1) is 6.95. The number of rotatable bonds is 1. The van der Waals surface area contributed by atoms with Gasteiger partial charge >= 0.3 is 0 Å². The topological polar surface area (TPSA) is 40.5 Å². The maximum atomic E-state index is 12.2. The van der Waals surface area contributed by atoms with Gasteiger partial charge in [-0.3, -0.25) is 4.79 Å². The molecule has 3 heteroatoms. The third-order valence-corrected chi connectivity index (χ3v) is 3.78. The fraction of sp³-hybridized carbons (Fsp3) is 0.917. The first-order valence-corrected chi connectivity index (χ1v) is 5.88. The van der Waals surface area contributed by atoms with Crippen molar-refractivity contribution in [2.45, 2.75) is 52.1 Å². The van der Waals surface area contributed by atoms with Gasteiger partial charge in [0.1, 0.15) is 0 Å². The van der Waals surface area contributed by atoms with Gasteiger partial charge in [-0.05, 0) is 19.3 Å². The Morgan fingerprint density at radius 3 is 2.53 bits per heavy atom. The van der Waals surface area contributed by atoms with Crippen LogP contribution in [0.3, 0.4) is 0 Å². The smallest absolute Gasteiger partial charge is 0.228 e. The summed E-state index contributed by atoms with van der Waals surface area (Å²) in [5.41, 5.74) is -0.287. The number of aliphatic hydroxyl groups is 1. The standard InChI is InChI=1S/C12H21NO2/c1-12(2,3)11(15)13-9-4-5-10(13)8(6-9)7-14/h8-10,14H,4-7H2,1-3H3. The summed E-state index contributed by atoms with van der Waals surface area (Å²) in [5.74, 6) is 0.584. The van der Waals surface area contributed by atoms with E-state index in [0.29, 0.717) is 18.0 Å². The molecule has 0 saturated carbocycles. The van der Waals surface area contributed by atoms with E-state index in [1.165, 1.54) is 0 Å². The highest BCUT2D eigenvalue weighted by molar-refractivity contribution is 5.82. The molecular formula is C12H21NO2. The molecule has 2 aliphatic heterocycles. The van der Waals surface area contributed by atoms with Crippen molar-refractivity contribution in [1.82, 2.24) is 4.90 Å². The van der Waals surface area contributed by atoms with E-state index in [0.717, 1.165) is 19.3 Å². The molecule has 0 spiro atoms. The van der Waals surface area contributed by atoms with E-state index in [2.05, 4.69) is 4.90 Å². The lowest BCUT2D eigenvalue weighted by molar-refractivity contribution is -0.141. The molecule has 3 unspecified atom stereocenters. The van der Waals surface area contributed by atoms with Crippen LogP contribution in [0.5, 0.6) is 0 Å². The lowest BCUT2D eigenvalue weighted by Gasteiger charge is -2.30. The van der Waals surface area contributed by atoms with E-state index in [1.807, 2.05) is 20.8 Å². The Labute approximate surface area is 91.5 Å². The summed E-state index contributed by atoms with van der Waals surface area (Å²) in [4.78, 5) is 14.3. The number of nitrogens with zero attached hydrogens (tertiary/aromatic N) is 1. The first-order valence-electron chi connectivity index (χ1n) is 5.88. The lowest BCUT2D eigenvalue weighted by Crippen LogP contribution is -2.43. The molecule has 15 heavy (non-hydrogen) atoms. The van der Waals surface area contributed by atoms with Crippen LogP contribution in [0.2, 0.25) is 0 Å². The van der Waals surface area contributed by atoms with Crippen molar-refractivity contribution in [2.24, 2.45) is 11.3 Å².